The summed E-state index contributed by atoms with van der Waals surface area (Å²) in [5.74, 6) is 1.02. The maximum atomic E-state index is 13.0. The maximum Gasteiger partial charge on any atom is 0.255 e. The Morgan fingerprint density at radius 1 is 1.19 bits per heavy atom. The lowest BCUT2D eigenvalue weighted by molar-refractivity contribution is 0.0927. The largest absolute Gasteiger partial charge is 0.496 e. The fraction of sp³-hybridized carbons (Fsp3) is 0.400. The molecule has 1 saturated carbocycles. The van der Waals surface area contributed by atoms with Gasteiger partial charge in [0.2, 0.25) is 12.2 Å². The van der Waals surface area contributed by atoms with E-state index in [4.69, 9.17) is 10.00 Å². The monoisotopic (exact) mass is 433 g/mol. The minimum Gasteiger partial charge on any atom is -0.496 e. The number of aliphatic imine (C=N–C) groups is 1. The van der Waals surface area contributed by atoms with Gasteiger partial charge in [0.1, 0.15) is 5.75 Å². The van der Waals surface area contributed by atoms with Crippen LogP contribution in [-0.2, 0) is 5.41 Å². The van der Waals surface area contributed by atoms with Gasteiger partial charge in [0, 0.05) is 32.1 Å². The van der Waals surface area contributed by atoms with E-state index in [0.29, 0.717) is 23.8 Å². The highest BCUT2D eigenvalue weighted by Crippen LogP contribution is 2.40. The fourth-order valence-corrected chi connectivity index (χ4v) is 4.61. The molecule has 0 atom stereocenters. The van der Waals surface area contributed by atoms with E-state index in [1.165, 1.54) is 5.56 Å². The third-order valence-electron chi connectivity index (χ3n) is 6.50. The van der Waals surface area contributed by atoms with Gasteiger partial charge >= 0.3 is 0 Å². The number of methoxy groups -OCH3 is 1. The van der Waals surface area contributed by atoms with Crippen molar-refractivity contribution in [2.75, 3.05) is 27.7 Å². The smallest absolute Gasteiger partial charge is 0.255 e. The number of hydrogen-bond acceptors (Lipinski definition) is 4. The van der Waals surface area contributed by atoms with Crippen molar-refractivity contribution in [3.05, 3.63) is 65.7 Å². The highest BCUT2D eigenvalue weighted by Gasteiger charge is 2.38. The first kappa shape index (κ1) is 23.1. The van der Waals surface area contributed by atoms with E-state index in [-0.39, 0.29) is 17.4 Å². The first-order valence-electron chi connectivity index (χ1n) is 10.9. The Morgan fingerprint density at radius 3 is 2.47 bits per heavy atom. The predicted molar refractivity (Wildman–Crippen MR) is 126 cm³/mol. The number of para-hydroxylation sites is 1. The number of rotatable bonds is 6. The van der Waals surface area contributed by atoms with Gasteiger partial charge in [0.25, 0.3) is 5.91 Å². The molecular formula is C25H31N5O2. The lowest BCUT2D eigenvalue weighted by atomic mass is 9.68. The minimum atomic E-state index is -0.150. The molecule has 0 saturated heterocycles. The summed E-state index contributed by atoms with van der Waals surface area (Å²) in [5.41, 5.74) is 1.63. The number of guanidine groups is 1. The van der Waals surface area contributed by atoms with Crippen molar-refractivity contribution in [2.24, 2.45) is 4.99 Å². The summed E-state index contributed by atoms with van der Waals surface area (Å²) in [6, 6.07) is 18.0. The number of hydrogen-bond donors (Lipinski definition) is 2. The van der Waals surface area contributed by atoms with Crippen LogP contribution in [0.3, 0.4) is 0 Å². The topological polar surface area (TPSA) is 89.8 Å². The van der Waals surface area contributed by atoms with Crippen molar-refractivity contribution in [3.63, 3.8) is 0 Å². The fourth-order valence-electron chi connectivity index (χ4n) is 4.61. The van der Waals surface area contributed by atoms with E-state index >= 15 is 0 Å². The number of ether oxygens (including phenoxy) is 1. The second-order valence-corrected chi connectivity index (χ2v) is 8.16. The molecule has 0 aromatic heterocycles. The first-order valence-corrected chi connectivity index (χ1v) is 10.9. The highest BCUT2D eigenvalue weighted by atomic mass is 16.5. The number of nitrogens with zero attached hydrogens (tertiary/aromatic N) is 3. The van der Waals surface area contributed by atoms with Crippen LogP contribution >= 0.6 is 0 Å². The van der Waals surface area contributed by atoms with Gasteiger partial charge in [-0.25, -0.2) is 0 Å². The van der Waals surface area contributed by atoms with Crippen LogP contribution in [0.5, 0.6) is 5.75 Å². The SMILES string of the molecule is CNC(=NC#N)N(C)[C@H]1CC[C@](CNC(=O)c2ccccc2OC)(c2ccccc2)CC1. The van der Waals surface area contributed by atoms with E-state index in [2.05, 4.69) is 39.9 Å². The summed E-state index contributed by atoms with van der Waals surface area (Å²) in [4.78, 5) is 18.9. The number of nitriles is 1. The van der Waals surface area contributed by atoms with Crippen molar-refractivity contribution in [3.8, 4) is 11.9 Å². The summed E-state index contributed by atoms with van der Waals surface area (Å²) in [7, 11) is 5.32. The summed E-state index contributed by atoms with van der Waals surface area (Å²) < 4.78 is 5.35. The Hall–Kier alpha value is -3.53. The normalized spacial score (nSPS) is 20.7. The zero-order valence-electron chi connectivity index (χ0n) is 19.0. The highest BCUT2D eigenvalue weighted by molar-refractivity contribution is 5.97. The van der Waals surface area contributed by atoms with E-state index in [9.17, 15) is 4.79 Å². The second-order valence-electron chi connectivity index (χ2n) is 8.16. The average molecular weight is 434 g/mol. The molecule has 32 heavy (non-hydrogen) atoms. The second kappa shape index (κ2) is 10.7. The van der Waals surface area contributed by atoms with E-state index in [1.807, 2.05) is 36.3 Å². The molecule has 0 radical (unpaired) electrons. The van der Waals surface area contributed by atoms with Gasteiger partial charge in [-0.2, -0.15) is 5.26 Å². The molecule has 2 aromatic rings. The number of carbonyl (C=O) groups excluding carboxylic acids is 1. The van der Waals surface area contributed by atoms with Crippen LogP contribution in [0.4, 0.5) is 0 Å². The molecule has 1 fully saturated rings. The van der Waals surface area contributed by atoms with E-state index < -0.39 is 0 Å². The molecule has 1 amide bonds. The molecule has 1 aliphatic carbocycles. The third-order valence-corrected chi connectivity index (χ3v) is 6.50. The standard InChI is InChI=1S/C25H31N5O2/c1-27-24(29-18-26)30(2)20-13-15-25(16-14-20,19-9-5-4-6-10-19)17-28-23(31)21-11-7-8-12-22(21)32-3/h4-12,20H,13-17H2,1-3H3,(H,27,29)(H,28,31)/t20-,25-. The average Bonchev–Trinajstić information content (AvgIpc) is 2.86. The molecular weight excluding hydrogens is 402 g/mol. The Balaban J connectivity index is 1.77. The number of nitrogens with one attached hydrogen (secondary N) is 2. The molecule has 2 aromatic carbocycles. The van der Waals surface area contributed by atoms with E-state index in [0.717, 1.165) is 25.7 Å². The molecule has 2 N–H and O–H groups in total. The molecule has 0 unspecified atom stereocenters. The van der Waals surface area contributed by atoms with Crippen molar-refractivity contribution in [1.82, 2.24) is 15.5 Å². The Morgan fingerprint density at radius 2 is 1.84 bits per heavy atom. The number of benzene rings is 2. The van der Waals surface area contributed by atoms with Crippen LogP contribution in [0.15, 0.2) is 59.6 Å². The zero-order valence-corrected chi connectivity index (χ0v) is 19.0. The van der Waals surface area contributed by atoms with Crippen LogP contribution in [0, 0.1) is 11.5 Å². The lowest BCUT2D eigenvalue weighted by Crippen LogP contribution is -2.49. The molecule has 3 rings (SSSR count). The Bertz CT molecular complexity index is 975. The van der Waals surface area contributed by atoms with Gasteiger partial charge in [-0.05, 0) is 43.4 Å². The summed E-state index contributed by atoms with van der Waals surface area (Å²) in [5, 5.41) is 15.1. The molecule has 0 spiro atoms. The van der Waals surface area contributed by atoms with Gasteiger partial charge < -0.3 is 20.3 Å². The maximum absolute atomic E-state index is 13.0. The third kappa shape index (κ3) is 5.02. The van der Waals surface area contributed by atoms with Crippen molar-refractivity contribution in [2.45, 2.75) is 37.1 Å². The van der Waals surface area contributed by atoms with Gasteiger partial charge in [0.15, 0.2) is 0 Å². The van der Waals surface area contributed by atoms with Gasteiger partial charge in [-0.1, -0.05) is 42.5 Å². The summed E-state index contributed by atoms with van der Waals surface area (Å²) >= 11 is 0. The van der Waals surface area contributed by atoms with Crippen molar-refractivity contribution in [1.29, 1.82) is 5.26 Å². The summed E-state index contributed by atoms with van der Waals surface area (Å²) in [6.07, 6.45) is 5.57. The zero-order chi connectivity index (χ0) is 23.0. The molecule has 7 heteroatoms. The van der Waals surface area contributed by atoms with Crippen LogP contribution in [-0.4, -0.2) is 50.6 Å². The van der Waals surface area contributed by atoms with Crippen molar-refractivity contribution >= 4 is 11.9 Å². The van der Waals surface area contributed by atoms with Crippen LogP contribution in [0.1, 0.15) is 41.6 Å². The molecule has 0 bridgehead atoms. The predicted octanol–water partition coefficient (Wildman–Crippen LogP) is 3.29. The van der Waals surface area contributed by atoms with Crippen LogP contribution in [0.25, 0.3) is 0 Å². The van der Waals surface area contributed by atoms with Gasteiger partial charge in [-0.3, -0.25) is 4.79 Å². The lowest BCUT2D eigenvalue weighted by Gasteiger charge is -2.43. The van der Waals surface area contributed by atoms with Gasteiger partial charge in [-0.15, -0.1) is 4.99 Å². The molecule has 1 aliphatic rings. The molecule has 168 valence electrons. The quantitative estimate of drug-likeness (QED) is 0.415. The number of carbonyl (C=O) groups is 1. The number of amides is 1. The van der Waals surface area contributed by atoms with Crippen LogP contribution < -0.4 is 15.4 Å². The summed E-state index contributed by atoms with van der Waals surface area (Å²) in [6.45, 7) is 0.551. The van der Waals surface area contributed by atoms with Crippen molar-refractivity contribution < 1.29 is 9.53 Å². The van der Waals surface area contributed by atoms with E-state index in [1.54, 1.807) is 26.3 Å². The van der Waals surface area contributed by atoms with Gasteiger partial charge in [0.05, 0.1) is 12.7 Å². The Labute approximate surface area is 190 Å². The van der Waals surface area contributed by atoms with Crippen LogP contribution in [0.2, 0.25) is 0 Å². The minimum absolute atomic E-state index is 0.129. The first-order chi connectivity index (χ1) is 15.5. The molecule has 7 nitrogen and oxygen atoms in total. The molecule has 0 aliphatic heterocycles. The molecule has 0 heterocycles. The Kier molecular flexibility index (Phi) is 7.72.